The molecule has 64 valence electrons. The lowest BCUT2D eigenvalue weighted by Crippen LogP contribution is -2.42. The summed E-state index contributed by atoms with van der Waals surface area (Å²) in [4.78, 5) is 0.518. The highest BCUT2D eigenvalue weighted by molar-refractivity contribution is 4.64. The number of piperidine rings is 1. The molecule has 0 unspecified atom stereocenters. The highest BCUT2D eigenvalue weighted by Crippen LogP contribution is 2.15. The maximum absolute atomic E-state index is 9.00. The van der Waals surface area contributed by atoms with E-state index in [0.717, 1.165) is 19.4 Å². The smallest absolute Gasteiger partial charge is 0.271 e. The lowest BCUT2D eigenvalue weighted by atomic mass is 10.1. The van der Waals surface area contributed by atoms with Gasteiger partial charge in [0.1, 0.15) is 0 Å². The third-order valence-electron chi connectivity index (χ3n) is 2.08. The van der Waals surface area contributed by atoms with Crippen LogP contribution in [-0.2, 0) is 0 Å². The van der Waals surface area contributed by atoms with Gasteiger partial charge < -0.3 is 5.21 Å². The van der Waals surface area contributed by atoms with Gasteiger partial charge in [0.15, 0.2) is 0 Å². The summed E-state index contributed by atoms with van der Waals surface area (Å²) in [7, 11) is 0. The SMILES string of the molecule is C[C@@H]1CCCCN1[N+](O)=NO. The van der Waals surface area contributed by atoms with E-state index in [0.29, 0.717) is 4.97 Å². The molecule has 1 aliphatic heterocycles. The summed E-state index contributed by atoms with van der Waals surface area (Å²) in [6.07, 6.45) is 3.25. The third kappa shape index (κ3) is 1.72. The van der Waals surface area contributed by atoms with E-state index in [-0.39, 0.29) is 6.04 Å². The Morgan fingerprint density at radius 2 is 2.27 bits per heavy atom. The topological polar surface area (TPSA) is 59.1 Å². The highest BCUT2D eigenvalue weighted by Gasteiger charge is 2.28. The molecule has 0 amide bonds. The Labute approximate surface area is 65.4 Å². The van der Waals surface area contributed by atoms with Gasteiger partial charge in [0, 0.05) is 0 Å². The minimum Gasteiger partial charge on any atom is -0.357 e. The zero-order valence-electron chi connectivity index (χ0n) is 6.64. The average molecular weight is 160 g/mol. The van der Waals surface area contributed by atoms with E-state index < -0.39 is 0 Å². The zero-order valence-corrected chi connectivity index (χ0v) is 6.64. The van der Waals surface area contributed by atoms with E-state index in [1.807, 2.05) is 6.92 Å². The molecule has 11 heavy (non-hydrogen) atoms. The molecule has 5 heteroatoms. The van der Waals surface area contributed by atoms with Gasteiger partial charge in [-0.2, -0.15) is 0 Å². The van der Waals surface area contributed by atoms with Crippen molar-refractivity contribution in [1.82, 2.24) is 5.01 Å². The van der Waals surface area contributed by atoms with Crippen molar-refractivity contribution < 1.29 is 15.4 Å². The van der Waals surface area contributed by atoms with Gasteiger partial charge in [0.25, 0.3) is 10.2 Å². The second-order valence-corrected chi connectivity index (χ2v) is 2.87. The highest BCUT2D eigenvalue weighted by atomic mass is 16.6. The maximum Gasteiger partial charge on any atom is 0.271 e. The molecule has 1 saturated heterocycles. The fourth-order valence-electron chi connectivity index (χ4n) is 1.40. The quantitative estimate of drug-likeness (QED) is 0.342. The molecule has 1 heterocycles. The average Bonchev–Trinajstić information content (AvgIpc) is 2.04. The largest absolute Gasteiger partial charge is 0.357 e. The van der Waals surface area contributed by atoms with Crippen LogP contribution in [0.25, 0.3) is 0 Å². The first kappa shape index (κ1) is 8.10. The van der Waals surface area contributed by atoms with E-state index in [1.54, 1.807) is 5.01 Å². The molecule has 2 N–H and O–H groups in total. The molecule has 5 nitrogen and oxygen atoms in total. The Morgan fingerprint density at radius 1 is 1.55 bits per heavy atom. The standard InChI is InChI=1S/C6H13N3O2/c1-6-4-2-3-5-8(6)9(11)7-10/h6,11H,2-5H2,1H3/p+1/t6-/m1/s1. The number of hydrogen-bond donors (Lipinski definition) is 2. The first-order valence-corrected chi connectivity index (χ1v) is 3.86. The summed E-state index contributed by atoms with van der Waals surface area (Å²) < 4.78 is 0. The van der Waals surface area contributed by atoms with Crippen LogP contribution in [0, 0.1) is 0 Å². The molecule has 0 spiro atoms. The van der Waals surface area contributed by atoms with E-state index in [4.69, 9.17) is 10.4 Å². The summed E-state index contributed by atoms with van der Waals surface area (Å²) in [5, 5.41) is 21.6. The van der Waals surface area contributed by atoms with Crippen LogP contribution in [0.3, 0.4) is 0 Å². The van der Waals surface area contributed by atoms with Gasteiger partial charge in [-0.15, -0.1) is 5.01 Å². The molecule has 0 saturated carbocycles. The Balaban J connectivity index is 2.54. The zero-order chi connectivity index (χ0) is 8.27. The van der Waals surface area contributed by atoms with Gasteiger partial charge in [0.2, 0.25) is 0 Å². The molecule has 1 rings (SSSR count). The number of nitrogens with zero attached hydrogens (tertiary/aromatic N) is 3. The van der Waals surface area contributed by atoms with E-state index in [1.165, 1.54) is 6.42 Å². The van der Waals surface area contributed by atoms with Gasteiger partial charge in [-0.25, -0.2) is 5.21 Å². The van der Waals surface area contributed by atoms with Crippen molar-refractivity contribution in [2.75, 3.05) is 6.54 Å². The fourth-order valence-corrected chi connectivity index (χ4v) is 1.40. The normalized spacial score (nSPS) is 27.2. The molecule has 1 aliphatic rings. The first-order chi connectivity index (χ1) is 5.25. The fraction of sp³-hybridized carbons (Fsp3) is 1.00. The Morgan fingerprint density at radius 3 is 2.82 bits per heavy atom. The van der Waals surface area contributed by atoms with Crippen molar-refractivity contribution in [3.63, 3.8) is 0 Å². The maximum atomic E-state index is 9.00. The molecule has 1 atom stereocenters. The number of hydrazine groups is 1. The number of hydrogen-bond acceptors (Lipinski definition) is 1. The van der Waals surface area contributed by atoms with E-state index in [2.05, 4.69) is 5.28 Å². The third-order valence-corrected chi connectivity index (χ3v) is 2.08. The van der Waals surface area contributed by atoms with Gasteiger partial charge in [0.05, 0.1) is 12.6 Å². The second kappa shape index (κ2) is 3.41. The Hall–Kier alpha value is -1.00. The molecule has 0 aromatic rings. The van der Waals surface area contributed by atoms with Crippen LogP contribution in [0.5, 0.6) is 0 Å². The van der Waals surface area contributed by atoms with Crippen molar-refractivity contribution in [3.05, 3.63) is 0 Å². The molecular formula is C6H14N3O2+. The predicted molar refractivity (Wildman–Crippen MR) is 36.3 cm³/mol. The lowest BCUT2D eigenvalue weighted by Gasteiger charge is -2.23. The number of rotatable bonds is 1. The van der Waals surface area contributed by atoms with Crippen molar-refractivity contribution in [3.8, 4) is 0 Å². The van der Waals surface area contributed by atoms with Crippen LogP contribution in [-0.4, -0.2) is 33.0 Å². The van der Waals surface area contributed by atoms with E-state index in [9.17, 15) is 0 Å². The van der Waals surface area contributed by atoms with Gasteiger partial charge >= 0.3 is 0 Å². The van der Waals surface area contributed by atoms with Crippen LogP contribution < -0.4 is 0 Å². The Bertz CT molecular complexity index is 160. The minimum atomic E-state index is 0.254. The van der Waals surface area contributed by atoms with Crippen LogP contribution in [0.1, 0.15) is 26.2 Å². The monoisotopic (exact) mass is 160 g/mol. The molecule has 0 aromatic heterocycles. The van der Waals surface area contributed by atoms with Crippen LogP contribution in [0.4, 0.5) is 0 Å². The molecule has 0 aromatic carbocycles. The predicted octanol–water partition coefficient (Wildman–Crippen LogP) is 1.02. The van der Waals surface area contributed by atoms with E-state index >= 15 is 0 Å². The first-order valence-electron chi connectivity index (χ1n) is 3.86. The van der Waals surface area contributed by atoms with Crippen molar-refractivity contribution in [1.29, 1.82) is 0 Å². The molecule has 0 bridgehead atoms. The second-order valence-electron chi connectivity index (χ2n) is 2.87. The van der Waals surface area contributed by atoms with Gasteiger partial charge in [-0.1, -0.05) is 0 Å². The molecular weight excluding hydrogens is 146 g/mol. The van der Waals surface area contributed by atoms with Crippen LogP contribution >= 0.6 is 0 Å². The summed E-state index contributed by atoms with van der Waals surface area (Å²) in [5.74, 6) is 0. The van der Waals surface area contributed by atoms with Crippen LogP contribution in [0.15, 0.2) is 5.28 Å². The summed E-state index contributed by atoms with van der Waals surface area (Å²) in [5.41, 5.74) is 0. The van der Waals surface area contributed by atoms with Crippen molar-refractivity contribution in [2.45, 2.75) is 32.2 Å². The van der Waals surface area contributed by atoms with Crippen molar-refractivity contribution >= 4 is 0 Å². The molecule has 1 fully saturated rings. The summed E-state index contributed by atoms with van der Waals surface area (Å²) in [6, 6.07) is 0.254. The lowest BCUT2D eigenvalue weighted by molar-refractivity contribution is -0.945. The molecule has 0 radical (unpaired) electrons. The summed E-state index contributed by atoms with van der Waals surface area (Å²) >= 11 is 0. The Kier molecular flexibility index (Phi) is 2.51. The van der Waals surface area contributed by atoms with Crippen molar-refractivity contribution in [2.24, 2.45) is 5.28 Å². The van der Waals surface area contributed by atoms with Crippen LogP contribution in [0.2, 0.25) is 0 Å². The summed E-state index contributed by atoms with van der Waals surface area (Å²) in [6.45, 7) is 2.75. The van der Waals surface area contributed by atoms with Gasteiger partial charge in [-0.05, 0) is 26.2 Å². The molecule has 0 aliphatic carbocycles. The van der Waals surface area contributed by atoms with Gasteiger partial charge in [-0.3, -0.25) is 0 Å². The minimum absolute atomic E-state index is 0.254.